The minimum absolute atomic E-state index is 0.147. The highest BCUT2D eigenvalue weighted by atomic mass is 35.5. The van der Waals surface area contributed by atoms with Crippen LogP contribution in [-0.4, -0.2) is 77.5 Å². The molecule has 150 valence electrons. The van der Waals surface area contributed by atoms with Gasteiger partial charge >= 0.3 is 0 Å². The number of carbonyl (C=O) groups excluding carboxylic acids is 1. The lowest BCUT2D eigenvalue weighted by atomic mass is 10.2. The fourth-order valence-electron chi connectivity index (χ4n) is 3.16. The summed E-state index contributed by atoms with van der Waals surface area (Å²) < 4.78 is 36.7. The van der Waals surface area contributed by atoms with Crippen LogP contribution in [0.25, 0.3) is 0 Å². The lowest BCUT2D eigenvalue weighted by Crippen LogP contribution is -2.45. The van der Waals surface area contributed by atoms with E-state index in [0.29, 0.717) is 36.2 Å². The molecule has 27 heavy (non-hydrogen) atoms. The summed E-state index contributed by atoms with van der Waals surface area (Å²) in [5.41, 5.74) is 0.355. The summed E-state index contributed by atoms with van der Waals surface area (Å²) in [6.45, 7) is 4.51. The molecule has 0 aromatic heterocycles. The number of ether oxygens (including phenoxy) is 2. The van der Waals surface area contributed by atoms with Crippen LogP contribution in [0, 0.1) is 0 Å². The Labute approximate surface area is 164 Å². The van der Waals surface area contributed by atoms with Crippen molar-refractivity contribution in [3.05, 3.63) is 23.2 Å². The second kappa shape index (κ2) is 8.64. The van der Waals surface area contributed by atoms with Crippen LogP contribution in [0.15, 0.2) is 18.2 Å². The summed E-state index contributed by atoms with van der Waals surface area (Å²) in [7, 11) is -3.52. The fraction of sp³-hybridized carbons (Fsp3) is 0.588. The molecule has 1 fully saturated rings. The first-order valence-corrected chi connectivity index (χ1v) is 11.1. The van der Waals surface area contributed by atoms with Crippen molar-refractivity contribution < 1.29 is 22.7 Å². The van der Waals surface area contributed by atoms with E-state index in [9.17, 15) is 13.2 Å². The van der Waals surface area contributed by atoms with E-state index in [1.54, 1.807) is 12.1 Å². The van der Waals surface area contributed by atoms with Gasteiger partial charge in [0.15, 0.2) is 6.10 Å². The molecule has 1 N–H and O–H groups in total. The molecule has 1 saturated heterocycles. The highest BCUT2D eigenvalue weighted by molar-refractivity contribution is 7.92. The van der Waals surface area contributed by atoms with Crippen molar-refractivity contribution in [1.82, 2.24) is 10.2 Å². The molecule has 1 amide bonds. The summed E-state index contributed by atoms with van der Waals surface area (Å²) in [6, 6.07) is 4.74. The van der Waals surface area contributed by atoms with Crippen LogP contribution in [0.2, 0.25) is 5.02 Å². The molecule has 2 aliphatic heterocycles. The Bertz CT molecular complexity index is 783. The van der Waals surface area contributed by atoms with E-state index < -0.39 is 16.1 Å². The molecule has 1 aromatic carbocycles. The summed E-state index contributed by atoms with van der Waals surface area (Å²) in [6.07, 6.45) is 0.616. The zero-order valence-corrected chi connectivity index (χ0v) is 16.8. The Kier molecular flexibility index (Phi) is 6.46. The zero-order valence-electron chi connectivity index (χ0n) is 15.2. The third-order valence-corrected chi connectivity index (χ3v) is 5.99. The maximum absolute atomic E-state index is 12.6. The van der Waals surface area contributed by atoms with Gasteiger partial charge in [0.05, 0.1) is 25.2 Å². The number of nitrogens with zero attached hydrogens (tertiary/aromatic N) is 2. The molecule has 1 atom stereocenters. The van der Waals surface area contributed by atoms with Gasteiger partial charge in [0, 0.05) is 44.2 Å². The van der Waals surface area contributed by atoms with Gasteiger partial charge in [0.2, 0.25) is 10.0 Å². The number of hydrogen-bond acceptors (Lipinski definition) is 6. The third-order valence-electron chi connectivity index (χ3n) is 4.58. The quantitative estimate of drug-likeness (QED) is 0.759. The lowest BCUT2D eigenvalue weighted by Gasteiger charge is -2.26. The highest BCUT2D eigenvalue weighted by Crippen LogP contribution is 2.36. The molecule has 0 spiro atoms. The fourth-order valence-corrected chi connectivity index (χ4v) is 4.26. The second-order valence-electron chi connectivity index (χ2n) is 6.59. The van der Waals surface area contributed by atoms with Crippen LogP contribution in [0.3, 0.4) is 0 Å². The monoisotopic (exact) mass is 417 g/mol. The van der Waals surface area contributed by atoms with Gasteiger partial charge in [-0.25, -0.2) is 8.42 Å². The first-order chi connectivity index (χ1) is 12.8. The Hall–Kier alpha value is -1.55. The van der Waals surface area contributed by atoms with Crippen LogP contribution in [0.1, 0.15) is 6.42 Å². The summed E-state index contributed by atoms with van der Waals surface area (Å²) >= 11 is 6.02. The molecule has 10 heteroatoms. The maximum Gasteiger partial charge on any atom is 0.261 e. The molecule has 0 unspecified atom stereocenters. The molecule has 0 radical (unpaired) electrons. The number of benzene rings is 1. The van der Waals surface area contributed by atoms with Gasteiger partial charge < -0.3 is 14.8 Å². The van der Waals surface area contributed by atoms with Gasteiger partial charge in [0.1, 0.15) is 5.75 Å². The van der Waals surface area contributed by atoms with Gasteiger partial charge in [-0.1, -0.05) is 11.6 Å². The predicted molar refractivity (Wildman–Crippen MR) is 103 cm³/mol. The van der Waals surface area contributed by atoms with E-state index in [1.807, 2.05) is 0 Å². The molecule has 3 rings (SSSR count). The van der Waals surface area contributed by atoms with Crippen molar-refractivity contribution in [2.45, 2.75) is 12.5 Å². The second-order valence-corrected chi connectivity index (χ2v) is 8.93. The molecule has 0 aliphatic carbocycles. The van der Waals surface area contributed by atoms with E-state index in [4.69, 9.17) is 21.1 Å². The van der Waals surface area contributed by atoms with Crippen molar-refractivity contribution in [2.75, 3.05) is 56.5 Å². The molecule has 2 heterocycles. The van der Waals surface area contributed by atoms with E-state index in [1.165, 1.54) is 10.4 Å². The van der Waals surface area contributed by atoms with Crippen LogP contribution in [-0.2, 0) is 19.6 Å². The zero-order chi connectivity index (χ0) is 19.4. The average molecular weight is 418 g/mol. The lowest BCUT2D eigenvalue weighted by molar-refractivity contribution is -0.128. The molecule has 2 aliphatic rings. The summed E-state index contributed by atoms with van der Waals surface area (Å²) in [4.78, 5) is 14.8. The van der Waals surface area contributed by atoms with Gasteiger partial charge in [-0.2, -0.15) is 0 Å². The average Bonchev–Trinajstić information content (AvgIpc) is 2.81. The van der Waals surface area contributed by atoms with Gasteiger partial charge in [-0.05, 0) is 18.2 Å². The predicted octanol–water partition coefficient (Wildman–Crippen LogP) is 0.706. The van der Waals surface area contributed by atoms with Crippen molar-refractivity contribution in [3.8, 4) is 5.75 Å². The van der Waals surface area contributed by atoms with E-state index in [2.05, 4.69) is 10.2 Å². The first kappa shape index (κ1) is 20.2. The topological polar surface area (TPSA) is 88.2 Å². The third kappa shape index (κ3) is 5.25. The normalized spacial score (nSPS) is 21.1. The number of sulfonamides is 1. The van der Waals surface area contributed by atoms with E-state index >= 15 is 0 Å². The number of carbonyl (C=O) groups is 1. The number of anilines is 1. The van der Waals surface area contributed by atoms with Crippen molar-refractivity contribution >= 4 is 33.2 Å². The number of fused-ring (bicyclic) bond motifs is 1. The minimum atomic E-state index is -3.52. The Morgan fingerprint density at radius 3 is 2.74 bits per heavy atom. The number of rotatable bonds is 5. The Balaban J connectivity index is 1.65. The number of hydrogen-bond donors (Lipinski definition) is 1. The maximum atomic E-state index is 12.6. The van der Waals surface area contributed by atoms with E-state index in [0.717, 1.165) is 25.9 Å². The SMILES string of the molecule is CS(=O)(=O)N1CC[C@@H](C(=O)NCCN2CCOCC2)Oc2ccc(Cl)cc21. The highest BCUT2D eigenvalue weighted by Gasteiger charge is 2.31. The number of amides is 1. The summed E-state index contributed by atoms with van der Waals surface area (Å²) in [5, 5.41) is 3.29. The van der Waals surface area contributed by atoms with Gasteiger partial charge in [0.25, 0.3) is 5.91 Å². The Morgan fingerprint density at radius 2 is 2.04 bits per heavy atom. The summed E-state index contributed by atoms with van der Waals surface area (Å²) in [5.74, 6) is 0.0789. The number of halogens is 1. The Morgan fingerprint density at radius 1 is 1.30 bits per heavy atom. The van der Waals surface area contributed by atoms with Gasteiger partial charge in [-0.15, -0.1) is 0 Å². The van der Waals surface area contributed by atoms with Gasteiger partial charge in [-0.3, -0.25) is 14.0 Å². The van der Waals surface area contributed by atoms with Crippen LogP contribution in [0.4, 0.5) is 5.69 Å². The number of nitrogens with one attached hydrogen (secondary N) is 1. The molecule has 8 nitrogen and oxygen atoms in total. The molecule has 1 aromatic rings. The largest absolute Gasteiger partial charge is 0.478 e. The first-order valence-electron chi connectivity index (χ1n) is 8.86. The van der Waals surface area contributed by atoms with E-state index in [-0.39, 0.29) is 18.9 Å². The number of morpholine rings is 1. The van der Waals surface area contributed by atoms with Crippen LogP contribution in [0.5, 0.6) is 5.75 Å². The van der Waals surface area contributed by atoms with Crippen molar-refractivity contribution in [2.24, 2.45) is 0 Å². The molecule has 0 bridgehead atoms. The van der Waals surface area contributed by atoms with Crippen LogP contribution >= 0.6 is 11.6 Å². The molecular weight excluding hydrogens is 394 g/mol. The standard InChI is InChI=1S/C17H24ClN3O5S/c1-27(23,24)21-6-4-16(26-15-3-2-13(18)12-14(15)21)17(22)19-5-7-20-8-10-25-11-9-20/h2-3,12,16H,4-11H2,1H3,(H,19,22)/t16-/m0/s1. The molecule has 0 saturated carbocycles. The van der Waals surface area contributed by atoms with Crippen molar-refractivity contribution in [1.29, 1.82) is 0 Å². The smallest absolute Gasteiger partial charge is 0.261 e. The van der Waals surface area contributed by atoms with Crippen LogP contribution < -0.4 is 14.4 Å². The van der Waals surface area contributed by atoms with Crippen molar-refractivity contribution in [3.63, 3.8) is 0 Å². The minimum Gasteiger partial charge on any atom is -0.478 e. The molecular formula is C17H24ClN3O5S.